The summed E-state index contributed by atoms with van der Waals surface area (Å²) in [6, 6.07) is 0. The smallest absolute Gasteiger partial charge is 0.288 e. The molecule has 0 amide bonds. The van der Waals surface area contributed by atoms with Crippen LogP contribution in [-0.4, -0.2) is 34.4 Å². The van der Waals surface area contributed by atoms with E-state index in [1.807, 2.05) is 0 Å². The molecule has 0 atom stereocenters. The van der Waals surface area contributed by atoms with Crippen molar-refractivity contribution in [3.8, 4) is 0 Å². The molecule has 0 heterocycles. The number of nitrogens with one attached hydrogen (secondary N) is 1. The zero-order valence-electron chi connectivity index (χ0n) is 10.4. The minimum absolute atomic E-state index is 0.191. The lowest BCUT2D eigenvalue weighted by Crippen LogP contribution is -2.40. The van der Waals surface area contributed by atoms with Crippen LogP contribution in [0.25, 0.3) is 0 Å². The third kappa shape index (κ3) is 13.8. The van der Waals surface area contributed by atoms with Gasteiger partial charge in [0.05, 0.1) is 6.54 Å². The van der Waals surface area contributed by atoms with Crippen molar-refractivity contribution in [1.82, 2.24) is 5.32 Å². The van der Waals surface area contributed by atoms with Crippen LogP contribution >= 0.6 is 0 Å². The fourth-order valence-corrected chi connectivity index (χ4v) is 1.64. The summed E-state index contributed by atoms with van der Waals surface area (Å²) in [5, 5.41) is 28.6. The molecule has 0 radical (unpaired) electrons. The van der Waals surface area contributed by atoms with E-state index in [9.17, 15) is 0 Å². The summed E-state index contributed by atoms with van der Waals surface area (Å²) in [7, 11) is 0. The summed E-state index contributed by atoms with van der Waals surface area (Å²) < 4.78 is 0. The van der Waals surface area contributed by atoms with Crippen molar-refractivity contribution >= 4 is 0 Å². The molecule has 0 aliphatic carbocycles. The number of aliphatic hydroxyl groups is 3. The van der Waals surface area contributed by atoms with Gasteiger partial charge in [-0.15, -0.1) is 0 Å². The zero-order valence-corrected chi connectivity index (χ0v) is 10.4. The summed E-state index contributed by atoms with van der Waals surface area (Å²) >= 11 is 0. The molecule has 0 aromatic carbocycles. The molecular formula is C12H27NO3. The van der Waals surface area contributed by atoms with E-state index in [2.05, 4.69) is 12.2 Å². The molecule has 0 aliphatic rings. The highest BCUT2D eigenvalue weighted by atomic mass is 16.7. The van der Waals surface area contributed by atoms with Crippen molar-refractivity contribution < 1.29 is 15.3 Å². The van der Waals surface area contributed by atoms with Crippen LogP contribution < -0.4 is 5.32 Å². The second-order valence-electron chi connectivity index (χ2n) is 4.43. The SMILES string of the molecule is CCCCCCCCCCNCC(O)(O)O. The van der Waals surface area contributed by atoms with Gasteiger partial charge in [-0.2, -0.15) is 0 Å². The molecule has 0 saturated carbocycles. The van der Waals surface area contributed by atoms with E-state index in [0.717, 1.165) is 19.4 Å². The Balaban J connectivity index is 2.99. The van der Waals surface area contributed by atoms with Crippen LogP contribution in [0.5, 0.6) is 0 Å². The molecule has 4 heteroatoms. The molecular weight excluding hydrogens is 206 g/mol. The van der Waals surface area contributed by atoms with Gasteiger partial charge < -0.3 is 20.6 Å². The van der Waals surface area contributed by atoms with Crippen molar-refractivity contribution in [2.24, 2.45) is 0 Å². The number of unbranched alkanes of at least 4 members (excludes halogenated alkanes) is 7. The van der Waals surface area contributed by atoms with Gasteiger partial charge in [-0.1, -0.05) is 51.9 Å². The maximum Gasteiger partial charge on any atom is 0.288 e. The number of hydrogen-bond donors (Lipinski definition) is 4. The van der Waals surface area contributed by atoms with Crippen LogP contribution in [-0.2, 0) is 0 Å². The fourth-order valence-electron chi connectivity index (χ4n) is 1.64. The third-order valence-electron chi connectivity index (χ3n) is 2.57. The van der Waals surface area contributed by atoms with Crippen LogP contribution in [0, 0.1) is 0 Å². The quantitative estimate of drug-likeness (QED) is 0.321. The fraction of sp³-hybridized carbons (Fsp3) is 1.00. The van der Waals surface area contributed by atoms with E-state index in [-0.39, 0.29) is 6.54 Å². The Bertz CT molecular complexity index is 146. The lowest BCUT2D eigenvalue weighted by Gasteiger charge is -2.14. The Labute approximate surface area is 98.7 Å². The highest BCUT2D eigenvalue weighted by molar-refractivity contribution is 4.54. The van der Waals surface area contributed by atoms with Crippen molar-refractivity contribution in [2.45, 2.75) is 64.3 Å². The second-order valence-corrected chi connectivity index (χ2v) is 4.43. The number of rotatable bonds is 11. The van der Waals surface area contributed by atoms with E-state index in [4.69, 9.17) is 15.3 Å². The molecule has 0 saturated heterocycles. The predicted molar refractivity (Wildman–Crippen MR) is 64.9 cm³/mol. The third-order valence-corrected chi connectivity index (χ3v) is 2.57. The second kappa shape index (κ2) is 10.0. The summed E-state index contributed by atoms with van der Waals surface area (Å²) in [5.74, 6) is -2.57. The Morgan fingerprint density at radius 2 is 1.31 bits per heavy atom. The molecule has 0 bridgehead atoms. The van der Waals surface area contributed by atoms with Gasteiger partial charge in [-0.3, -0.25) is 0 Å². The monoisotopic (exact) mass is 233 g/mol. The molecule has 98 valence electrons. The van der Waals surface area contributed by atoms with Gasteiger partial charge in [0.25, 0.3) is 5.97 Å². The molecule has 0 spiro atoms. The average Bonchev–Trinajstić information content (AvgIpc) is 2.19. The summed E-state index contributed by atoms with van der Waals surface area (Å²) in [5.41, 5.74) is 0. The Morgan fingerprint density at radius 1 is 0.812 bits per heavy atom. The molecule has 16 heavy (non-hydrogen) atoms. The van der Waals surface area contributed by atoms with Gasteiger partial charge in [0, 0.05) is 0 Å². The maximum absolute atomic E-state index is 8.59. The van der Waals surface area contributed by atoms with Crippen LogP contribution in [0.2, 0.25) is 0 Å². The lowest BCUT2D eigenvalue weighted by atomic mass is 10.1. The summed E-state index contributed by atoms with van der Waals surface area (Å²) in [6.45, 7) is 2.75. The van der Waals surface area contributed by atoms with E-state index in [1.165, 1.54) is 38.5 Å². The van der Waals surface area contributed by atoms with E-state index < -0.39 is 5.97 Å². The van der Waals surface area contributed by atoms with Crippen molar-refractivity contribution in [1.29, 1.82) is 0 Å². The first kappa shape index (κ1) is 15.8. The van der Waals surface area contributed by atoms with Crippen molar-refractivity contribution in [3.05, 3.63) is 0 Å². The molecule has 0 aliphatic heterocycles. The number of hydrogen-bond acceptors (Lipinski definition) is 4. The molecule has 0 fully saturated rings. The first-order valence-electron chi connectivity index (χ1n) is 6.44. The van der Waals surface area contributed by atoms with E-state index in [1.54, 1.807) is 0 Å². The van der Waals surface area contributed by atoms with Crippen LogP contribution in [0.15, 0.2) is 0 Å². The Hall–Kier alpha value is -0.160. The van der Waals surface area contributed by atoms with E-state index in [0.29, 0.717) is 0 Å². The van der Waals surface area contributed by atoms with Crippen molar-refractivity contribution in [3.63, 3.8) is 0 Å². The standard InChI is InChI=1S/C12H27NO3/c1-2-3-4-5-6-7-8-9-10-13-11-12(14,15)16/h13-16H,2-11H2,1H3. The van der Waals surface area contributed by atoms with Crippen molar-refractivity contribution in [2.75, 3.05) is 13.1 Å². The van der Waals surface area contributed by atoms with Gasteiger partial charge in [-0.25, -0.2) is 0 Å². The lowest BCUT2D eigenvalue weighted by molar-refractivity contribution is -0.306. The van der Waals surface area contributed by atoms with Crippen LogP contribution in [0.3, 0.4) is 0 Å². The van der Waals surface area contributed by atoms with Crippen LogP contribution in [0.1, 0.15) is 58.3 Å². The molecule has 0 unspecified atom stereocenters. The molecule has 0 rings (SSSR count). The van der Waals surface area contributed by atoms with Crippen LogP contribution in [0.4, 0.5) is 0 Å². The van der Waals surface area contributed by atoms with Gasteiger partial charge in [0.2, 0.25) is 0 Å². The Kier molecular flexibility index (Phi) is 9.92. The first-order chi connectivity index (χ1) is 7.56. The average molecular weight is 233 g/mol. The highest BCUT2D eigenvalue weighted by Gasteiger charge is 2.15. The van der Waals surface area contributed by atoms with Gasteiger partial charge in [0.1, 0.15) is 0 Å². The molecule has 4 N–H and O–H groups in total. The largest absolute Gasteiger partial charge is 0.343 e. The highest BCUT2D eigenvalue weighted by Crippen LogP contribution is 2.07. The van der Waals surface area contributed by atoms with Gasteiger partial charge in [-0.05, 0) is 13.0 Å². The van der Waals surface area contributed by atoms with Gasteiger partial charge in [0.15, 0.2) is 0 Å². The predicted octanol–water partition coefficient (Wildman–Crippen LogP) is 1.35. The summed E-state index contributed by atoms with van der Waals surface area (Å²) in [6.07, 6.45) is 10.0. The molecule has 0 aromatic heterocycles. The van der Waals surface area contributed by atoms with E-state index >= 15 is 0 Å². The maximum atomic E-state index is 8.59. The summed E-state index contributed by atoms with van der Waals surface area (Å²) in [4.78, 5) is 0. The topological polar surface area (TPSA) is 72.7 Å². The first-order valence-corrected chi connectivity index (χ1v) is 6.44. The Morgan fingerprint density at radius 3 is 1.81 bits per heavy atom. The minimum atomic E-state index is -2.57. The van der Waals surface area contributed by atoms with Gasteiger partial charge >= 0.3 is 0 Å². The normalized spacial score (nSPS) is 12.0. The minimum Gasteiger partial charge on any atom is -0.343 e. The zero-order chi connectivity index (χ0) is 12.3. The molecule has 4 nitrogen and oxygen atoms in total. The molecule has 0 aromatic rings.